The number of benzene rings is 2. The smallest absolute Gasteiger partial charge is 0.279 e. The molecule has 1 amide bonds. The van der Waals surface area contributed by atoms with E-state index in [1.165, 1.54) is 16.9 Å². The van der Waals surface area contributed by atoms with Gasteiger partial charge in [0, 0.05) is 17.5 Å². The minimum absolute atomic E-state index is 0.316. The van der Waals surface area contributed by atoms with Crippen molar-refractivity contribution in [1.82, 2.24) is 4.57 Å². The van der Waals surface area contributed by atoms with Crippen LogP contribution in [0.3, 0.4) is 0 Å². The fraction of sp³-hybridized carbons (Fsp3) is 0.238. The Balaban J connectivity index is 2.02. The highest BCUT2D eigenvalue weighted by Crippen LogP contribution is 2.28. The summed E-state index contributed by atoms with van der Waals surface area (Å²) in [7, 11) is 5.03. The molecule has 140 valence electrons. The summed E-state index contributed by atoms with van der Waals surface area (Å²) in [6.07, 6.45) is 0. The lowest BCUT2D eigenvalue weighted by Gasteiger charge is -2.07. The van der Waals surface area contributed by atoms with E-state index in [1.807, 2.05) is 18.5 Å². The van der Waals surface area contributed by atoms with Gasteiger partial charge in [-0.25, -0.2) is 0 Å². The third-order valence-electron chi connectivity index (χ3n) is 4.35. The largest absolute Gasteiger partial charge is 0.493 e. The number of carbonyl (C=O) groups is 1. The zero-order valence-corrected chi connectivity index (χ0v) is 16.9. The van der Waals surface area contributed by atoms with E-state index in [0.717, 1.165) is 16.1 Å². The minimum Gasteiger partial charge on any atom is -0.493 e. The van der Waals surface area contributed by atoms with Crippen LogP contribution in [0.4, 0.5) is 0 Å². The van der Waals surface area contributed by atoms with Gasteiger partial charge in [0.15, 0.2) is 16.3 Å². The molecular weight excluding hydrogens is 360 g/mol. The Bertz CT molecular complexity index is 1050. The van der Waals surface area contributed by atoms with Crippen LogP contribution < -0.4 is 14.3 Å². The summed E-state index contributed by atoms with van der Waals surface area (Å²) in [5.74, 6) is 0.766. The predicted octanol–water partition coefficient (Wildman–Crippen LogP) is 4.13. The Morgan fingerprint density at radius 3 is 2.30 bits per heavy atom. The van der Waals surface area contributed by atoms with E-state index < -0.39 is 0 Å². The molecule has 1 heterocycles. The topological polar surface area (TPSA) is 52.8 Å². The zero-order valence-electron chi connectivity index (χ0n) is 16.1. The van der Waals surface area contributed by atoms with Crippen LogP contribution in [0, 0.1) is 13.8 Å². The van der Waals surface area contributed by atoms with Crippen LogP contribution in [0.1, 0.15) is 20.8 Å². The van der Waals surface area contributed by atoms with Gasteiger partial charge in [-0.15, -0.1) is 11.3 Å². The van der Waals surface area contributed by atoms with Crippen molar-refractivity contribution in [3.05, 3.63) is 63.3 Å². The van der Waals surface area contributed by atoms with Crippen LogP contribution in [0.15, 0.2) is 47.5 Å². The molecule has 0 bridgehead atoms. The molecule has 2 aromatic carbocycles. The van der Waals surface area contributed by atoms with Crippen molar-refractivity contribution in [3.63, 3.8) is 0 Å². The molecule has 0 unspecified atom stereocenters. The van der Waals surface area contributed by atoms with Gasteiger partial charge in [0.05, 0.1) is 19.9 Å². The number of hydrogen-bond donors (Lipinski definition) is 0. The number of methoxy groups -OCH3 is 2. The van der Waals surface area contributed by atoms with Gasteiger partial charge in [0.2, 0.25) is 0 Å². The van der Waals surface area contributed by atoms with Gasteiger partial charge in [-0.2, -0.15) is 4.99 Å². The highest BCUT2D eigenvalue weighted by atomic mass is 32.1. The van der Waals surface area contributed by atoms with Crippen LogP contribution >= 0.6 is 11.3 Å². The van der Waals surface area contributed by atoms with Crippen molar-refractivity contribution in [2.24, 2.45) is 12.0 Å². The lowest BCUT2D eigenvalue weighted by Crippen LogP contribution is -2.14. The fourth-order valence-electron chi connectivity index (χ4n) is 2.91. The number of rotatable bonds is 4. The van der Waals surface area contributed by atoms with Crippen molar-refractivity contribution in [2.45, 2.75) is 13.8 Å². The van der Waals surface area contributed by atoms with E-state index in [4.69, 9.17) is 9.47 Å². The summed E-state index contributed by atoms with van der Waals surface area (Å²) >= 11 is 1.50. The van der Waals surface area contributed by atoms with Crippen molar-refractivity contribution < 1.29 is 14.3 Å². The average Bonchev–Trinajstić information content (AvgIpc) is 2.95. The summed E-state index contributed by atoms with van der Waals surface area (Å²) in [5, 5.41) is 0. The standard InChI is InChI=1S/C21H22N2O3S/c1-13-6-8-15(9-7-13)19-14(2)27-21(23(19)3)22-20(24)16-10-11-17(25-4)18(12-16)26-5/h6-12H,1-5H3. The monoisotopic (exact) mass is 382 g/mol. The number of thiazole rings is 1. The van der Waals surface area contributed by atoms with Crippen LogP contribution in [0.2, 0.25) is 0 Å². The zero-order chi connectivity index (χ0) is 19.6. The third-order valence-corrected chi connectivity index (χ3v) is 5.40. The van der Waals surface area contributed by atoms with Crippen LogP contribution in [-0.2, 0) is 7.05 Å². The average molecular weight is 382 g/mol. The first-order valence-corrected chi connectivity index (χ1v) is 9.30. The molecule has 27 heavy (non-hydrogen) atoms. The first-order valence-electron chi connectivity index (χ1n) is 8.49. The Hall–Kier alpha value is -2.86. The molecular formula is C21H22N2O3S. The number of aryl methyl sites for hydroxylation is 2. The highest BCUT2D eigenvalue weighted by molar-refractivity contribution is 7.09. The van der Waals surface area contributed by atoms with Crippen LogP contribution in [0.25, 0.3) is 11.3 Å². The Kier molecular flexibility index (Phi) is 5.46. The van der Waals surface area contributed by atoms with E-state index >= 15 is 0 Å². The Morgan fingerprint density at radius 1 is 1.00 bits per heavy atom. The molecule has 3 rings (SSSR count). The van der Waals surface area contributed by atoms with E-state index in [0.29, 0.717) is 21.9 Å². The molecule has 5 nitrogen and oxygen atoms in total. The molecule has 0 aliphatic rings. The van der Waals surface area contributed by atoms with E-state index in [9.17, 15) is 4.79 Å². The van der Waals surface area contributed by atoms with Crippen molar-refractivity contribution in [3.8, 4) is 22.8 Å². The maximum atomic E-state index is 12.7. The van der Waals surface area contributed by atoms with Crippen molar-refractivity contribution in [2.75, 3.05) is 14.2 Å². The number of carbonyl (C=O) groups excluding carboxylic acids is 1. The molecule has 0 atom stereocenters. The number of nitrogens with zero attached hydrogens (tertiary/aromatic N) is 2. The second-order valence-corrected chi connectivity index (χ2v) is 7.38. The molecule has 0 saturated heterocycles. The van der Waals surface area contributed by atoms with Gasteiger partial charge in [0.25, 0.3) is 5.91 Å². The molecule has 0 fully saturated rings. The normalized spacial score (nSPS) is 11.5. The maximum Gasteiger partial charge on any atom is 0.279 e. The second-order valence-electron chi connectivity index (χ2n) is 6.20. The summed E-state index contributed by atoms with van der Waals surface area (Å²) < 4.78 is 12.4. The molecule has 0 saturated carbocycles. The third kappa shape index (κ3) is 3.80. The quantitative estimate of drug-likeness (QED) is 0.682. The van der Waals surface area contributed by atoms with Crippen molar-refractivity contribution in [1.29, 1.82) is 0 Å². The number of amides is 1. The molecule has 0 aliphatic carbocycles. The van der Waals surface area contributed by atoms with Gasteiger partial charge in [0.1, 0.15) is 0 Å². The fourth-order valence-corrected chi connectivity index (χ4v) is 3.89. The molecule has 3 aromatic rings. The van der Waals surface area contributed by atoms with Gasteiger partial charge in [-0.1, -0.05) is 29.8 Å². The lowest BCUT2D eigenvalue weighted by molar-refractivity contribution is 0.0997. The van der Waals surface area contributed by atoms with Gasteiger partial charge in [-0.3, -0.25) is 4.79 Å². The lowest BCUT2D eigenvalue weighted by atomic mass is 10.1. The molecule has 0 spiro atoms. The Morgan fingerprint density at radius 2 is 1.67 bits per heavy atom. The summed E-state index contributed by atoms with van der Waals surface area (Å²) in [6, 6.07) is 13.4. The molecule has 6 heteroatoms. The summed E-state index contributed by atoms with van der Waals surface area (Å²) in [4.78, 5) is 18.8. The van der Waals surface area contributed by atoms with Crippen LogP contribution in [-0.4, -0.2) is 24.7 Å². The van der Waals surface area contributed by atoms with Gasteiger partial charge >= 0.3 is 0 Å². The highest BCUT2D eigenvalue weighted by Gasteiger charge is 2.13. The Labute approximate surface area is 162 Å². The molecule has 0 N–H and O–H groups in total. The second kappa shape index (κ2) is 7.80. The van der Waals surface area contributed by atoms with E-state index in [1.54, 1.807) is 32.4 Å². The predicted molar refractivity (Wildman–Crippen MR) is 108 cm³/mol. The number of ether oxygens (including phenoxy) is 2. The first-order chi connectivity index (χ1) is 12.9. The SMILES string of the molecule is COc1ccc(C(=O)N=c2sc(C)c(-c3ccc(C)cc3)n2C)cc1OC. The summed E-state index contributed by atoms with van der Waals surface area (Å²) in [5.41, 5.74) is 3.84. The minimum atomic E-state index is -0.316. The van der Waals surface area contributed by atoms with Crippen LogP contribution in [0.5, 0.6) is 11.5 Å². The van der Waals surface area contributed by atoms with E-state index in [2.05, 4.69) is 36.2 Å². The summed E-state index contributed by atoms with van der Waals surface area (Å²) in [6.45, 7) is 4.10. The first kappa shape index (κ1) is 18.9. The van der Waals surface area contributed by atoms with Gasteiger partial charge in [-0.05, 0) is 37.6 Å². The maximum absolute atomic E-state index is 12.7. The van der Waals surface area contributed by atoms with Gasteiger partial charge < -0.3 is 14.0 Å². The van der Waals surface area contributed by atoms with Crippen molar-refractivity contribution >= 4 is 17.2 Å². The molecule has 0 radical (unpaired) electrons. The number of aromatic nitrogens is 1. The number of hydrogen-bond acceptors (Lipinski definition) is 4. The molecule has 1 aromatic heterocycles. The molecule has 0 aliphatic heterocycles. The van der Waals surface area contributed by atoms with E-state index in [-0.39, 0.29) is 5.91 Å².